The van der Waals surface area contributed by atoms with Gasteiger partial charge in [-0.25, -0.2) is 4.68 Å². The van der Waals surface area contributed by atoms with Crippen LogP contribution in [0.5, 0.6) is 0 Å². The van der Waals surface area contributed by atoms with Gasteiger partial charge in [0.15, 0.2) is 0 Å². The Morgan fingerprint density at radius 1 is 1.44 bits per heavy atom. The van der Waals surface area contributed by atoms with Gasteiger partial charge in [0.2, 0.25) is 0 Å². The van der Waals surface area contributed by atoms with Crippen LogP contribution in [0.25, 0.3) is 5.69 Å². The van der Waals surface area contributed by atoms with Gasteiger partial charge in [-0.05, 0) is 18.2 Å². The van der Waals surface area contributed by atoms with Crippen LogP contribution in [-0.4, -0.2) is 16.9 Å². The summed E-state index contributed by atoms with van der Waals surface area (Å²) in [6.07, 6.45) is 0. The highest BCUT2D eigenvalue weighted by Gasteiger charge is 2.16. The van der Waals surface area contributed by atoms with Crippen molar-refractivity contribution in [2.24, 2.45) is 0 Å². The first kappa shape index (κ1) is 13.9. The van der Waals surface area contributed by atoms with Crippen molar-refractivity contribution in [3.05, 3.63) is 45.1 Å². The molecule has 6 heteroatoms. The lowest BCUT2D eigenvalue weighted by molar-refractivity contribution is 0.180. The van der Waals surface area contributed by atoms with E-state index < -0.39 is 0 Å². The molecule has 0 unspecified atom stereocenters. The molecule has 0 atom stereocenters. The van der Waals surface area contributed by atoms with Gasteiger partial charge in [-0.3, -0.25) is 0 Å². The molecule has 0 amide bonds. The minimum absolute atomic E-state index is 0.311. The molecule has 0 saturated carbocycles. The number of aromatic nitrogens is 2. The molecule has 0 aliphatic heterocycles. The van der Waals surface area contributed by atoms with Crippen molar-refractivity contribution in [2.75, 3.05) is 7.11 Å². The van der Waals surface area contributed by atoms with Crippen LogP contribution in [0, 0.1) is 0 Å². The maximum atomic E-state index is 6.30. The van der Waals surface area contributed by atoms with E-state index in [1.807, 2.05) is 24.3 Å². The first-order valence-corrected chi connectivity index (χ1v) is 6.95. The molecule has 1 heterocycles. The Morgan fingerprint density at radius 3 is 2.83 bits per heavy atom. The fourth-order valence-corrected chi connectivity index (χ4v) is 2.68. The van der Waals surface area contributed by atoms with E-state index in [1.54, 1.807) is 11.8 Å². The molecule has 18 heavy (non-hydrogen) atoms. The minimum atomic E-state index is 0.311. The molecule has 3 nitrogen and oxygen atoms in total. The van der Waals surface area contributed by atoms with Crippen molar-refractivity contribution in [1.29, 1.82) is 0 Å². The highest BCUT2D eigenvalue weighted by molar-refractivity contribution is 9.10. The molecule has 0 radical (unpaired) electrons. The fourth-order valence-electron chi connectivity index (χ4n) is 1.64. The third kappa shape index (κ3) is 2.72. The molecule has 0 saturated heterocycles. The normalized spacial score (nSPS) is 10.9. The van der Waals surface area contributed by atoms with Gasteiger partial charge in [0.05, 0.1) is 23.9 Å². The Kier molecular flexibility index (Phi) is 4.67. The number of nitrogens with zero attached hydrogens (tertiary/aromatic N) is 2. The SMILES string of the molecule is COCc1nn(-c2cccc(Br)c2)c(Cl)c1CCl. The molecule has 0 aliphatic carbocycles. The topological polar surface area (TPSA) is 27.1 Å². The maximum absolute atomic E-state index is 6.30. The zero-order valence-corrected chi connectivity index (χ0v) is 12.8. The van der Waals surface area contributed by atoms with Crippen molar-refractivity contribution in [3.8, 4) is 5.69 Å². The van der Waals surface area contributed by atoms with E-state index in [0.717, 1.165) is 21.4 Å². The summed E-state index contributed by atoms with van der Waals surface area (Å²) in [6.45, 7) is 0.392. The van der Waals surface area contributed by atoms with Crippen LogP contribution in [0.4, 0.5) is 0 Å². The molecular weight excluding hydrogens is 339 g/mol. The van der Waals surface area contributed by atoms with E-state index in [-0.39, 0.29) is 0 Å². The van der Waals surface area contributed by atoms with E-state index in [2.05, 4.69) is 21.0 Å². The van der Waals surface area contributed by atoms with Crippen LogP contribution < -0.4 is 0 Å². The molecule has 1 aromatic heterocycles. The van der Waals surface area contributed by atoms with E-state index in [4.69, 9.17) is 27.9 Å². The molecule has 0 bridgehead atoms. The Balaban J connectivity index is 2.51. The summed E-state index contributed by atoms with van der Waals surface area (Å²) < 4.78 is 7.73. The summed E-state index contributed by atoms with van der Waals surface area (Å²) in [5, 5.41) is 4.96. The van der Waals surface area contributed by atoms with Crippen molar-refractivity contribution < 1.29 is 4.74 Å². The lowest BCUT2D eigenvalue weighted by Gasteiger charge is -2.03. The van der Waals surface area contributed by atoms with Gasteiger partial charge < -0.3 is 4.74 Å². The van der Waals surface area contributed by atoms with Crippen molar-refractivity contribution >= 4 is 39.1 Å². The second kappa shape index (κ2) is 6.06. The van der Waals surface area contributed by atoms with Gasteiger partial charge in [0, 0.05) is 17.1 Å². The van der Waals surface area contributed by atoms with Crippen molar-refractivity contribution in [3.63, 3.8) is 0 Å². The van der Waals surface area contributed by atoms with Gasteiger partial charge in [-0.15, -0.1) is 11.6 Å². The molecule has 2 rings (SSSR count). The average molecular weight is 350 g/mol. The lowest BCUT2D eigenvalue weighted by Crippen LogP contribution is -1.98. The first-order valence-electron chi connectivity index (χ1n) is 5.24. The predicted octanol–water partition coefficient (Wildman–Crippen LogP) is 4.17. The van der Waals surface area contributed by atoms with Crippen molar-refractivity contribution in [1.82, 2.24) is 9.78 Å². The molecule has 0 N–H and O–H groups in total. The van der Waals surface area contributed by atoms with Gasteiger partial charge in [0.25, 0.3) is 0 Å². The number of benzene rings is 1. The predicted molar refractivity (Wildman–Crippen MR) is 76.5 cm³/mol. The van der Waals surface area contributed by atoms with Gasteiger partial charge in [0.1, 0.15) is 5.15 Å². The molecule has 0 aliphatic rings. The molecular formula is C12H11BrCl2N2O. The number of methoxy groups -OCH3 is 1. The summed E-state index contributed by atoms with van der Waals surface area (Å²) in [6, 6.07) is 7.74. The molecule has 2 aromatic rings. The fraction of sp³-hybridized carbons (Fsp3) is 0.250. The Morgan fingerprint density at radius 2 is 2.22 bits per heavy atom. The summed E-state index contributed by atoms with van der Waals surface area (Å²) in [5.41, 5.74) is 2.45. The van der Waals surface area contributed by atoms with Crippen LogP contribution in [0.3, 0.4) is 0 Å². The maximum Gasteiger partial charge on any atom is 0.137 e. The van der Waals surface area contributed by atoms with E-state index in [0.29, 0.717) is 17.6 Å². The number of hydrogen-bond donors (Lipinski definition) is 0. The summed E-state index contributed by atoms with van der Waals surface area (Å²) >= 11 is 15.6. The third-order valence-corrected chi connectivity index (χ3v) is 3.62. The monoisotopic (exact) mass is 348 g/mol. The van der Waals surface area contributed by atoms with E-state index in [9.17, 15) is 0 Å². The zero-order chi connectivity index (χ0) is 13.1. The van der Waals surface area contributed by atoms with Crippen LogP contribution in [0.2, 0.25) is 5.15 Å². The summed E-state index contributed by atoms with van der Waals surface area (Å²) in [5.74, 6) is 0.311. The first-order chi connectivity index (χ1) is 8.67. The second-order valence-electron chi connectivity index (χ2n) is 3.67. The summed E-state index contributed by atoms with van der Waals surface area (Å²) in [4.78, 5) is 0. The number of rotatable bonds is 4. The highest BCUT2D eigenvalue weighted by atomic mass is 79.9. The highest BCUT2D eigenvalue weighted by Crippen LogP contribution is 2.26. The van der Waals surface area contributed by atoms with Gasteiger partial charge in [-0.2, -0.15) is 5.10 Å². The molecule has 0 spiro atoms. The minimum Gasteiger partial charge on any atom is -0.378 e. The quantitative estimate of drug-likeness (QED) is 0.774. The smallest absolute Gasteiger partial charge is 0.137 e. The van der Waals surface area contributed by atoms with Gasteiger partial charge in [-0.1, -0.05) is 33.6 Å². The molecule has 1 aromatic carbocycles. The van der Waals surface area contributed by atoms with Crippen LogP contribution in [-0.2, 0) is 17.2 Å². The molecule has 0 fully saturated rings. The average Bonchev–Trinajstić information content (AvgIpc) is 2.66. The third-order valence-electron chi connectivity index (χ3n) is 2.47. The standard InChI is InChI=1S/C12H11BrCl2N2O/c1-18-7-11-10(6-14)12(15)17(16-11)9-4-2-3-8(13)5-9/h2-5H,6-7H2,1H3. The van der Waals surface area contributed by atoms with Crippen LogP contribution in [0.1, 0.15) is 11.3 Å². The number of ether oxygens (including phenoxy) is 1. The Bertz CT molecular complexity index is 557. The molecule has 96 valence electrons. The number of halogens is 3. The van der Waals surface area contributed by atoms with Crippen LogP contribution >= 0.6 is 39.1 Å². The Hall–Kier alpha value is -0.550. The Labute approximate surface area is 124 Å². The van der Waals surface area contributed by atoms with Crippen LogP contribution in [0.15, 0.2) is 28.7 Å². The van der Waals surface area contributed by atoms with Crippen molar-refractivity contribution in [2.45, 2.75) is 12.5 Å². The van der Waals surface area contributed by atoms with E-state index in [1.165, 1.54) is 0 Å². The second-order valence-corrected chi connectivity index (χ2v) is 5.22. The zero-order valence-electron chi connectivity index (χ0n) is 9.66. The van der Waals surface area contributed by atoms with E-state index >= 15 is 0 Å². The number of hydrogen-bond acceptors (Lipinski definition) is 2. The summed E-state index contributed by atoms with van der Waals surface area (Å²) in [7, 11) is 1.62. The lowest BCUT2D eigenvalue weighted by atomic mass is 10.3. The number of alkyl halides is 1. The van der Waals surface area contributed by atoms with Gasteiger partial charge >= 0.3 is 0 Å². The largest absolute Gasteiger partial charge is 0.378 e.